The largest absolute Gasteiger partial charge is 0.493 e. The van der Waals surface area contributed by atoms with Crippen molar-refractivity contribution in [3.8, 4) is 11.5 Å². The predicted octanol–water partition coefficient (Wildman–Crippen LogP) is 1.46. The Labute approximate surface area is 115 Å². The Hall–Kier alpha value is -1.26. The van der Waals surface area contributed by atoms with Gasteiger partial charge in [-0.15, -0.1) is 0 Å². The summed E-state index contributed by atoms with van der Waals surface area (Å²) in [6.07, 6.45) is 1.04. The highest BCUT2D eigenvalue weighted by atomic mass is 16.5. The molecule has 0 spiro atoms. The van der Waals surface area contributed by atoms with Crippen LogP contribution in [0.25, 0.3) is 0 Å². The first kappa shape index (κ1) is 14.2. The first-order chi connectivity index (χ1) is 9.15. The van der Waals surface area contributed by atoms with Crippen molar-refractivity contribution in [2.24, 2.45) is 0 Å². The van der Waals surface area contributed by atoms with Gasteiger partial charge in [0, 0.05) is 25.7 Å². The van der Waals surface area contributed by atoms with Gasteiger partial charge in [0.1, 0.15) is 0 Å². The van der Waals surface area contributed by atoms with Gasteiger partial charge in [-0.3, -0.25) is 0 Å². The molecule has 0 amide bonds. The number of piperazine rings is 1. The van der Waals surface area contributed by atoms with Crippen molar-refractivity contribution in [3.63, 3.8) is 0 Å². The fourth-order valence-electron chi connectivity index (χ4n) is 2.59. The Morgan fingerprint density at radius 1 is 1.26 bits per heavy atom. The van der Waals surface area contributed by atoms with Crippen LogP contribution in [0.2, 0.25) is 0 Å². The van der Waals surface area contributed by atoms with E-state index < -0.39 is 0 Å². The van der Waals surface area contributed by atoms with E-state index in [1.54, 1.807) is 14.2 Å². The van der Waals surface area contributed by atoms with Crippen LogP contribution >= 0.6 is 0 Å². The molecule has 4 heteroatoms. The van der Waals surface area contributed by atoms with E-state index >= 15 is 0 Å². The van der Waals surface area contributed by atoms with Crippen molar-refractivity contribution in [2.75, 3.05) is 40.9 Å². The lowest BCUT2D eigenvalue weighted by atomic mass is 9.98. The van der Waals surface area contributed by atoms with Gasteiger partial charge in [0.05, 0.1) is 14.2 Å². The van der Waals surface area contributed by atoms with Crippen LogP contribution < -0.4 is 14.8 Å². The van der Waals surface area contributed by atoms with Crippen molar-refractivity contribution in [3.05, 3.63) is 23.3 Å². The second kappa shape index (κ2) is 6.26. The monoisotopic (exact) mass is 264 g/mol. The highest BCUT2D eigenvalue weighted by Crippen LogP contribution is 2.31. The number of likely N-dealkylation sites (N-methyl/N-ethyl adjacent to an activating group) is 1. The van der Waals surface area contributed by atoms with E-state index in [0.717, 1.165) is 37.6 Å². The van der Waals surface area contributed by atoms with Crippen molar-refractivity contribution >= 4 is 0 Å². The standard InChI is InChI=1S/C15H24N2O2/c1-11-7-14(18-3)15(19-4)9-12(11)8-13-10-16-5-6-17(13)2/h7,9,13,16H,5-6,8,10H2,1-4H3. The molecule has 1 aromatic carbocycles. The maximum atomic E-state index is 5.39. The molecular formula is C15H24N2O2. The van der Waals surface area contributed by atoms with E-state index in [-0.39, 0.29) is 0 Å². The van der Waals surface area contributed by atoms with Gasteiger partial charge in [0.25, 0.3) is 0 Å². The lowest BCUT2D eigenvalue weighted by Crippen LogP contribution is -2.50. The number of rotatable bonds is 4. The summed E-state index contributed by atoms with van der Waals surface area (Å²) >= 11 is 0. The molecule has 19 heavy (non-hydrogen) atoms. The van der Waals surface area contributed by atoms with Crippen LogP contribution in [-0.4, -0.2) is 51.8 Å². The molecule has 0 bridgehead atoms. The minimum Gasteiger partial charge on any atom is -0.493 e. The van der Waals surface area contributed by atoms with E-state index in [4.69, 9.17) is 9.47 Å². The summed E-state index contributed by atoms with van der Waals surface area (Å²) in [7, 11) is 5.56. The minimum absolute atomic E-state index is 0.547. The molecule has 1 N–H and O–H groups in total. The van der Waals surface area contributed by atoms with Gasteiger partial charge in [-0.1, -0.05) is 0 Å². The van der Waals surface area contributed by atoms with E-state index in [2.05, 4.69) is 36.3 Å². The van der Waals surface area contributed by atoms with Crippen molar-refractivity contribution in [1.82, 2.24) is 10.2 Å². The number of methoxy groups -OCH3 is 2. The van der Waals surface area contributed by atoms with Crippen LogP contribution in [0.15, 0.2) is 12.1 Å². The van der Waals surface area contributed by atoms with Gasteiger partial charge < -0.3 is 19.7 Å². The number of nitrogens with one attached hydrogen (secondary N) is 1. The lowest BCUT2D eigenvalue weighted by Gasteiger charge is -2.33. The van der Waals surface area contributed by atoms with Gasteiger partial charge >= 0.3 is 0 Å². The summed E-state index contributed by atoms with van der Waals surface area (Å²) in [5, 5.41) is 3.46. The Balaban J connectivity index is 2.19. The average molecular weight is 264 g/mol. The van der Waals surface area contributed by atoms with E-state index in [9.17, 15) is 0 Å². The topological polar surface area (TPSA) is 33.7 Å². The Morgan fingerprint density at radius 3 is 2.58 bits per heavy atom. The number of hydrogen-bond donors (Lipinski definition) is 1. The molecule has 1 heterocycles. The van der Waals surface area contributed by atoms with E-state index in [1.165, 1.54) is 11.1 Å². The van der Waals surface area contributed by atoms with Crippen molar-refractivity contribution in [2.45, 2.75) is 19.4 Å². The molecular weight excluding hydrogens is 240 g/mol. The summed E-state index contributed by atoms with van der Waals surface area (Å²) in [4.78, 5) is 2.42. The molecule has 2 rings (SSSR count). The molecule has 0 saturated carbocycles. The fraction of sp³-hybridized carbons (Fsp3) is 0.600. The van der Waals surface area contributed by atoms with Crippen LogP contribution in [0.1, 0.15) is 11.1 Å². The first-order valence-electron chi connectivity index (χ1n) is 6.78. The zero-order valence-electron chi connectivity index (χ0n) is 12.3. The van der Waals surface area contributed by atoms with E-state index in [0.29, 0.717) is 6.04 Å². The summed E-state index contributed by atoms with van der Waals surface area (Å²) < 4.78 is 10.7. The predicted molar refractivity (Wildman–Crippen MR) is 77.3 cm³/mol. The molecule has 106 valence electrons. The van der Waals surface area contributed by atoms with Gasteiger partial charge in [-0.2, -0.15) is 0 Å². The van der Waals surface area contributed by atoms with Crippen LogP contribution in [0.4, 0.5) is 0 Å². The molecule has 1 unspecified atom stereocenters. The van der Waals surface area contributed by atoms with Crippen molar-refractivity contribution in [1.29, 1.82) is 0 Å². The number of hydrogen-bond acceptors (Lipinski definition) is 4. The van der Waals surface area contributed by atoms with Crippen LogP contribution in [0, 0.1) is 6.92 Å². The lowest BCUT2D eigenvalue weighted by molar-refractivity contribution is 0.199. The zero-order chi connectivity index (χ0) is 13.8. The smallest absolute Gasteiger partial charge is 0.161 e. The maximum Gasteiger partial charge on any atom is 0.161 e. The molecule has 4 nitrogen and oxygen atoms in total. The Kier molecular flexibility index (Phi) is 4.66. The minimum atomic E-state index is 0.547. The molecule has 1 saturated heterocycles. The quantitative estimate of drug-likeness (QED) is 0.892. The molecule has 1 fully saturated rings. The third-order valence-electron chi connectivity index (χ3n) is 3.94. The number of ether oxygens (including phenoxy) is 2. The molecule has 1 aliphatic rings. The van der Waals surface area contributed by atoms with Crippen LogP contribution in [0.3, 0.4) is 0 Å². The molecule has 0 aromatic heterocycles. The highest BCUT2D eigenvalue weighted by molar-refractivity contribution is 5.47. The third kappa shape index (κ3) is 3.19. The Bertz CT molecular complexity index is 434. The molecule has 1 atom stereocenters. The molecule has 0 radical (unpaired) electrons. The summed E-state index contributed by atoms with van der Waals surface area (Å²) in [6, 6.07) is 4.71. The highest BCUT2D eigenvalue weighted by Gasteiger charge is 2.20. The molecule has 0 aliphatic carbocycles. The van der Waals surface area contributed by atoms with E-state index in [1.807, 2.05) is 0 Å². The summed E-state index contributed by atoms with van der Waals surface area (Å²) in [5.41, 5.74) is 2.59. The second-order valence-electron chi connectivity index (χ2n) is 5.18. The number of aryl methyl sites for hydroxylation is 1. The van der Waals surface area contributed by atoms with Gasteiger partial charge in [0.15, 0.2) is 11.5 Å². The molecule has 1 aromatic rings. The SMILES string of the molecule is COc1cc(C)c(CC2CNCCN2C)cc1OC. The van der Waals surface area contributed by atoms with Crippen molar-refractivity contribution < 1.29 is 9.47 Å². The van der Waals surface area contributed by atoms with Gasteiger partial charge in [-0.25, -0.2) is 0 Å². The molecule has 1 aliphatic heterocycles. The Morgan fingerprint density at radius 2 is 1.95 bits per heavy atom. The van der Waals surface area contributed by atoms with Gasteiger partial charge in [-0.05, 0) is 43.7 Å². The second-order valence-corrected chi connectivity index (χ2v) is 5.18. The van der Waals surface area contributed by atoms with Crippen LogP contribution in [-0.2, 0) is 6.42 Å². The zero-order valence-corrected chi connectivity index (χ0v) is 12.3. The fourth-order valence-corrected chi connectivity index (χ4v) is 2.59. The average Bonchev–Trinajstić information content (AvgIpc) is 2.42. The normalized spacial score (nSPS) is 20.3. The van der Waals surface area contributed by atoms with Gasteiger partial charge in [0.2, 0.25) is 0 Å². The van der Waals surface area contributed by atoms with Crippen LogP contribution in [0.5, 0.6) is 11.5 Å². The number of benzene rings is 1. The summed E-state index contributed by atoms with van der Waals surface area (Å²) in [5.74, 6) is 1.62. The third-order valence-corrected chi connectivity index (χ3v) is 3.94. The number of nitrogens with zero attached hydrogens (tertiary/aromatic N) is 1. The maximum absolute atomic E-state index is 5.39. The summed E-state index contributed by atoms with van der Waals surface area (Å²) in [6.45, 7) is 5.37. The first-order valence-corrected chi connectivity index (χ1v) is 6.78.